The van der Waals surface area contributed by atoms with Crippen LogP contribution in [0.1, 0.15) is 9.80 Å². The van der Waals surface area contributed by atoms with Crippen molar-refractivity contribution in [3.63, 3.8) is 0 Å². The second kappa shape index (κ2) is 3.45. The van der Waals surface area contributed by atoms with Crippen molar-refractivity contribution in [2.75, 3.05) is 0 Å². The average Bonchev–Trinajstić information content (AvgIpc) is 2.67. The van der Waals surface area contributed by atoms with Crippen LogP contribution in [0.2, 0.25) is 0 Å². The lowest BCUT2D eigenvalue weighted by Crippen LogP contribution is -1.80. The van der Waals surface area contributed by atoms with Crippen molar-refractivity contribution >= 4 is 17.6 Å². The minimum atomic E-state index is 0.499. The molecule has 0 bridgehead atoms. The molecule has 3 nitrogen and oxygen atoms in total. The fourth-order valence-electron chi connectivity index (χ4n) is 0.989. The van der Waals surface area contributed by atoms with Crippen LogP contribution < -0.4 is 0 Å². The van der Waals surface area contributed by atoms with E-state index in [0.717, 1.165) is 17.5 Å². The van der Waals surface area contributed by atoms with Crippen molar-refractivity contribution in [1.29, 1.82) is 0 Å². The van der Waals surface area contributed by atoms with E-state index >= 15 is 0 Å². The van der Waals surface area contributed by atoms with Crippen LogP contribution in [0.4, 0.5) is 0 Å². The molecule has 0 saturated carbocycles. The first-order valence-electron chi connectivity index (χ1n) is 3.71. The van der Waals surface area contributed by atoms with E-state index in [0.29, 0.717) is 5.01 Å². The summed E-state index contributed by atoms with van der Waals surface area (Å²) in [5.41, 5.74) is 1.74. The summed E-state index contributed by atoms with van der Waals surface area (Å²) in [6, 6.07) is 3.76. The molecule has 2 heterocycles. The molecular formula is C9H6N2OS. The largest absolute Gasteiger partial charge is 0.295 e. The normalized spacial score (nSPS) is 9.85. The second-order valence-corrected chi connectivity index (χ2v) is 3.32. The monoisotopic (exact) mass is 190 g/mol. The van der Waals surface area contributed by atoms with E-state index in [9.17, 15) is 4.79 Å². The quantitative estimate of drug-likeness (QED) is 0.680. The lowest BCUT2D eigenvalue weighted by Gasteiger charge is -1.91. The second-order valence-electron chi connectivity index (χ2n) is 2.43. The third-order valence-electron chi connectivity index (χ3n) is 1.58. The summed E-state index contributed by atoms with van der Waals surface area (Å²) in [4.78, 5) is 18.5. The molecule has 0 spiro atoms. The van der Waals surface area contributed by atoms with Crippen LogP contribution in [0.3, 0.4) is 0 Å². The Hall–Kier alpha value is -1.55. The van der Waals surface area contributed by atoms with Crippen LogP contribution in [-0.4, -0.2) is 16.3 Å². The highest BCUT2D eigenvalue weighted by molar-refractivity contribution is 7.11. The highest BCUT2D eigenvalue weighted by Crippen LogP contribution is 2.19. The Balaban J connectivity index is 2.41. The molecule has 0 fully saturated rings. The van der Waals surface area contributed by atoms with Crippen LogP contribution in [0.15, 0.2) is 29.9 Å². The van der Waals surface area contributed by atoms with Crippen LogP contribution in [0.25, 0.3) is 11.3 Å². The maximum Gasteiger partial charge on any atom is 0.178 e. The number of hydrogen-bond donors (Lipinski definition) is 0. The molecule has 0 aliphatic heterocycles. The summed E-state index contributed by atoms with van der Waals surface area (Å²) in [5, 5.41) is 2.35. The minimum Gasteiger partial charge on any atom is -0.295 e. The predicted octanol–water partition coefficient (Wildman–Crippen LogP) is 2.02. The Morgan fingerprint density at radius 1 is 1.46 bits per heavy atom. The maximum atomic E-state index is 10.4. The smallest absolute Gasteiger partial charge is 0.178 e. The SMILES string of the molecule is O=Cc1nc(-c2cccnc2)cs1. The zero-order valence-corrected chi connectivity index (χ0v) is 7.49. The summed E-state index contributed by atoms with van der Waals surface area (Å²) in [6.45, 7) is 0. The molecule has 0 unspecified atom stereocenters. The maximum absolute atomic E-state index is 10.4. The lowest BCUT2D eigenvalue weighted by atomic mass is 10.2. The van der Waals surface area contributed by atoms with Gasteiger partial charge < -0.3 is 0 Å². The lowest BCUT2D eigenvalue weighted by molar-refractivity contribution is 0.112. The first-order valence-corrected chi connectivity index (χ1v) is 4.59. The van der Waals surface area contributed by atoms with Gasteiger partial charge in [-0.05, 0) is 12.1 Å². The summed E-state index contributed by atoms with van der Waals surface area (Å²) >= 11 is 1.34. The molecule has 0 N–H and O–H groups in total. The zero-order valence-electron chi connectivity index (χ0n) is 6.68. The van der Waals surface area contributed by atoms with Gasteiger partial charge in [0.05, 0.1) is 5.69 Å². The van der Waals surface area contributed by atoms with E-state index in [4.69, 9.17) is 0 Å². The number of aromatic nitrogens is 2. The standard InChI is InChI=1S/C9H6N2OS/c12-5-9-11-8(6-13-9)7-2-1-3-10-4-7/h1-6H. The van der Waals surface area contributed by atoms with E-state index in [2.05, 4.69) is 9.97 Å². The van der Waals surface area contributed by atoms with Gasteiger partial charge >= 0.3 is 0 Å². The van der Waals surface area contributed by atoms with Crippen LogP contribution >= 0.6 is 11.3 Å². The fourth-order valence-corrected chi connectivity index (χ4v) is 1.62. The van der Waals surface area contributed by atoms with Gasteiger partial charge in [-0.3, -0.25) is 9.78 Å². The van der Waals surface area contributed by atoms with E-state index < -0.39 is 0 Å². The van der Waals surface area contributed by atoms with E-state index in [1.54, 1.807) is 12.4 Å². The molecule has 13 heavy (non-hydrogen) atoms. The van der Waals surface area contributed by atoms with E-state index in [1.165, 1.54) is 11.3 Å². The first-order chi connectivity index (χ1) is 6.40. The molecule has 64 valence electrons. The van der Waals surface area contributed by atoms with Crippen molar-refractivity contribution in [3.05, 3.63) is 34.9 Å². The molecule has 0 aliphatic carbocycles. The Labute approximate surface area is 79.1 Å². The predicted molar refractivity (Wildman–Crippen MR) is 50.7 cm³/mol. The fraction of sp³-hybridized carbons (Fsp3) is 0. The number of nitrogens with zero attached hydrogens (tertiary/aromatic N) is 2. The highest BCUT2D eigenvalue weighted by Gasteiger charge is 2.02. The molecule has 0 aromatic carbocycles. The summed E-state index contributed by atoms with van der Waals surface area (Å²) < 4.78 is 0. The van der Waals surface area contributed by atoms with Gasteiger partial charge in [-0.25, -0.2) is 4.98 Å². The molecule has 2 aromatic heterocycles. The molecule has 2 aromatic rings. The number of pyridine rings is 1. The zero-order chi connectivity index (χ0) is 9.10. The third kappa shape index (κ3) is 1.62. The topological polar surface area (TPSA) is 42.9 Å². The molecule has 2 rings (SSSR count). The first kappa shape index (κ1) is 8.07. The van der Waals surface area contributed by atoms with E-state index in [-0.39, 0.29) is 0 Å². The molecule has 0 radical (unpaired) electrons. The summed E-state index contributed by atoms with van der Waals surface area (Å²) in [5.74, 6) is 0. The van der Waals surface area contributed by atoms with Gasteiger partial charge in [0, 0.05) is 23.3 Å². The van der Waals surface area contributed by atoms with Crippen LogP contribution in [0.5, 0.6) is 0 Å². The Kier molecular flexibility index (Phi) is 2.14. The van der Waals surface area contributed by atoms with Gasteiger partial charge in [0.25, 0.3) is 0 Å². The van der Waals surface area contributed by atoms with Crippen molar-refractivity contribution in [2.45, 2.75) is 0 Å². The Morgan fingerprint density at radius 2 is 2.38 bits per heavy atom. The number of carbonyl (C=O) groups is 1. The van der Waals surface area contributed by atoms with Gasteiger partial charge in [0.15, 0.2) is 11.3 Å². The Morgan fingerprint density at radius 3 is 3.00 bits per heavy atom. The molecular weight excluding hydrogens is 184 g/mol. The Bertz CT molecular complexity index is 411. The number of aldehydes is 1. The average molecular weight is 190 g/mol. The molecule has 0 atom stereocenters. The van der Waals surface area contributed by atoms with Gasteiger partial charge in [-0.15, -0.1) is 11.3 Å². The molecule has 0 aliphatic rings. The van der Waals surface area contributed by atoms with Crippen molar-refractivity contribution in [1.82, 2.24) is 9.97 Å². The van der Waals surface area contributed by atoms with Crippen molar-refractivity contribution in [3.8, 4) is 11.3 Å². The van der Waals surface area contributed by atoms with Gasteiger partial charge in [0.2, 0.25) is 0 Å². The molecule has 0 saturated heterocycles. The van der Waals surface area contributed by atoms with Crippen molar-refractivity contribution < 1.29 is 4.79 Å². The summed E-state index contributed by atoms with van der Waals surface area (Å²) in [6.07, 6.45) is 4.19. The number of carbonyl (C=O) groups excluding carboxylic acids is 1. The minimum absolute atomic E-state index is 0.499. The van der Waals surface area contributed by atoms with Crippen LogP contribution in [-0.2, 0) is 0 Å². The molecule has 0 amide bonds. The summed E-state index contributed by atoms with van der Waals surface area (Å²) in [7, 11) is 0. The number of thiazole rings is 1. The molecule has 4 heteroatoms. The van der Waals surface area contributed by atoms with Gasteiger partial charge in [0.1, 0.15) is 0 Å². The highest BCUT2D eigenvalue weighted by atomic mass is 32.1. The number of rotatable bonds is 2. The van der Waals surface area contributed by atoms with E-state index in [1.807, 2.05) is 17.5 Å². The van der Waals surface area contributed by atoms with Crippen LogP contribution in [0, 0.1) is 0 Å². The van der Waals surface area contributed by atoms with Gasteiger partial charge in [-0.1, -0.05) is 0 Å². The van der Waals surface area contributed by atoms with Gasteiger partial charge in [-0.2, -0.15) is 0 Å². The van der Waals surface area contributed by atoms with Crippen molar-refractivity contribution in [2.24, 2.45) is 0 Å². The number of hydrogen-bond acceptors (Lipinski definition) is 4. The third-order valence-corrected chi connectivity index (χ3v) is 2.35.